The maximum Gasteiger partial charge on any atom is 0.139 e. The van der Waals surface area contributed by atoms with Gasteiger partial charge in [0.15, 0.2) is 0 Å². The fourth-order valence-corrected chi connectivity index (χ4v) is 1.21. The summed E-state index contributed by atoms with van der Waals surface area (Å²) in [5, 5.41) is 0. The Morgan fingerprint density at radius 2 is 2.08 bits per heavy atom. The van der Waals surface area contributed by atoms with Gasteiger partial charge in [-0.3, -0.25) is 0 Å². The Kier molecular flexibility index (Phi) is 1.66. The quantitative estimate of drug-likeness (QED) is 0.569. The van der Waals surface area contributed by atoms with Crippen LogP contribution in [0.15, 0.2) is 30.6 Å². The van der Waals surface area contributed by atoms with E-state index in [-0.39, 0.29) is 0 Å². The lowest BCUT2D eigenvalue weighted by molar-refractivity contribution is 1.31. The zero-order chi connectivity index (χ0) is 9.26. The summed E-state index contributed by atoms with van der Waals surface area (Å²) < 4.78 is 0. The summed E-state index contributed by atoms with van der Waals surface area (Å²) in [7, 11) is 0. The molecule has 1 aromatic carbocycles. The van der Waals surface area contributed by atoms with E-state index in [9.17, 15) is 0 Å². The molecule has 2 rings (SSSR count). The van der Waals surface area contributed by atoms with Crippen LogP contribution in [-0.2, 0) is 0 Å². The van der Waals surface area contributed by atoms with Crippen molar-refractivity contribution in [2.75, 3.05) is 11.5 Å². The number of aromatic nitrogens is 2. The second-order valence-corrected chi connectivity index (χ2v) is 2.78. The highest BCUT2D eigenvalue weighted by molar-refractivity contribution is 5.74. The third kappa shape index (κ3) is 1.33. The Labute approximate surface area is 75.6 Å². The number of benzene rings is 1. The smallest absolute Gasteiger partial charge is 0.139 e. The van der Waals surface area contributed by atoms with Crippen LogP contribution in [0.5, 0.6) is 0 Å². The van der Waals surface area contributed by atoms with Gasteiger partial charge in [-0.15, -0.1) is 0 Å². The number of imidazole rings is 1. The monoisotopic (exact) mass is 174 g/mol. The zero-order valence-electron chi connectivity index (χ0n) is 6.99. The third-order valence-electron chi connectivity index (χ3n) is 1.83. The van der Waals surface area contributed by atoms with Crippen LogP contribution < -0.4 is 11.5 Å². The number of hydrogen-bond acceptors (Lipinski definition) is 3. The van der Waals surface area contributed by atoms with Crippen molar-refractivity contribution in [3.63, 3.8) is 0 Å². The van der Waals surface area contributed by atoms with Crippen molar-refractivity contribution < 1.29 is 0 Å². The molecular formula is C9H10N4. The van der Waals surface area contributed by atoms with Crippen LogP contribution in [0.1, 0.15) is 0 Å². The van der Waals surface area contributed by atoms with Gasteiger partial charge >= 0.3 is 0 Å². The number of H-pyrrole nitrogens is 1. The number of nitrogens with zero attached hydrogens (tertiary/aromatic N) is 1. The second kappa shape index (κ2) is 2.82. The molecule has 2 aromatic rings. The van der Waals surface area contributed by atoms with Gasteiger partial charge in [0.25, 0.3) is 0 Å². The lowest BCUT2D eigenvalue weighted by Gasteiger charge is -2.02. The molecule has 0 fully saturated rings. The molecule has 0 atom stereocenters. The van der Waals surface area contributed by atoms with Crippen molar-refractivity contribution in [3.8, 4) is 11.4 Å². The molecule has 66 valence electrons. The van der Waals surface area contributed by atoms with Crippen LogP contribution in [0.3, 0.4) is 0 Å². The first kappa shape index (κ1) is 7.67. The van der Waals surface area contributed by atoms with E-state index in [0.717, 1.165) is 11.4 Å². The standard InChI is InChI=1S/C9H10N4/c10-6-1-2-7(8(11)5-6)9-12-3-4-13-9/h1-5H,10-11H2,(H,12,13). The zero-order valence-corrected chi connectivity index (χ0v) is 6.99. The lowest BCUT2D eigenvalue weighted by atomic mass is 10.1. The van der Waals surface area contributed by atoms with Gasteiger partial charge in [0, 0.05) is 29.3 Å². The number of hydrogen-bond donors (Lipinski definition) is 3. The van der Waals surface area contributed by atoms with Crippen molar-refractivity contribution in [3.05, 3.63) is 30.6 Å². The van der Waals surface area contributed by atoms with Crippen LogP contribution in [-0.4, -0.2) is 9.97 Å². The summed E-state index contributed by atoms with van der Waals surface area (Å²) >= 11 is 0. The molecule has 13 heavy (non-hydrogen) atoms. The molecule has 0 spiro atoms. The van der Waals surface area contributed by atoms with E-state index in [2.05, 4.69) is 9.97 Å². The summed E-state index contributed by atoms with van der Waals surface area (Å²) in [6, 6.07) is 5.37. The molecule has 1 aromatic heterocycles. The fourth-order valence-electron chi connectivity index (χ4n) is 1.21. The van der Waals surface area contributed by atoms with Gasteiger partial charge < -0.3 is 16.5 Å². The molecular weight excluding hydrogens is 164 g/mol. The first-order valence-corrected chi connectivity index (χ1v) is 3.92. The molecule has 0 aliphatic carbocycles. The van der Waals surface area contributed by atoms with Crippen molar-refractivity contribution in [2.45, 2.75) is 0 Å². The van der Waals surface area contributed by atoms with Gasteiger partial charge in [0.1, 0.15) is 5.82 Å². The fraction of sp³-hybridized carbons (Fsp3) is 0. The van der Waals surface area contributed by atoms with Gasteiger partial charge in [-0.1, -0.05) is 0 Å². The topological polar surface area (TPSA) is 80.7 Å². The first-order chi connectivity index (χ1) is 6.27. The number of nitrogen functional groups attached to an aromatic ring is 2. The average Bonchev–Trinajstić information content (AvgIpc) is 2.56. The third-order valence-corrected chi connectivity index (χ3v) is 1.83. The summed E-state index contributed by atoms with van der Waals surface area (Å²) in [5.41, 5.74) is 13.5. The van der Waals surface area contributed by atoms with Crippen molar-refractivity contribution in [2.24, 2.45) is 0 Å². The second-order valence-electron chi connectivity index (χ2n) is 2.78. The highest BCUT2D eigenvalue weighted by Crippen LogP contribution is 2.24. The predicted molar refractivity (Wildman–Crippen MR) is 52.8 cm³/mol. The van der Waals surface area contributed by atoms with Crippen LogP contribution in [0.25, 0.3) is 11.4 Å². The van der Waals surface area contributed by atoms with E-state index in [1.54, 1.807) is 24.5 Å². The molecule has 5 N–H and O–H groups in total. The number of anilines is 2. The van der Waals surface area contributed by atoms with E-state index < -0.39 is 0 Å². The highest BCUT2D eigenvalue weighted by Gasteiger charge is 2.03. The van der Waals surface area contributed by atoms with Crippen molar-refractivity contribution in [1.82, 2.24) is 9.97 Å². The summed E-state index contributed by atoms with van der Waals surface area (Å²) in [6.45, 7) is 0. The van der Waals surface area contributed by atoms with Crippen LogP contribution in [0.4, 0.5) is 11.4 Å². The molecule has 1 heterocycles. The van der Waals surface area contributed by atoms with E-state index in [0.29, 0.717) is 11.4 Å². The lowest BCUT2D eigenvalue weighted by Crippen LogP contribution is -1.93. The van der Waals surface area contributed by atoms with Crippen molar-refractivity contribution >= 4 is 11.4 Å². The average molecular weight is 174 g/mol. The normalized spacial score (nSPS) is 10.2. The molecule has 0 amide bonds. The van der Waals surface area contributed by atoms with E-state index in [1.807, 2.05) is 6.07 Å². The maximum absolute atomic E-state index is 5.77. The molecule has 0 saturated carbocycles. The summed E-state index contributed by atoms with van der Waals surface area (Å²) in [5.74, 6) is 0.762. The summed E-state index contributed by atoms with van der Waals surface area (Å²) in [6.07, 6.45) is 3.44. The Balaban J connectivity index is 2.53. The molecule has 0 unspecified atom stereocenters. The van der Waals surface area contributed by atoms with E-state index >= 15 is 0 Å². The molecule has 0 aliphatic rings. The first-order valence-electron chi connectivity index (χ1n) is 3.92. The number of nitrogens with one attached hydrogen (secondary N) is 1. The molecule has 0 saturated heterocycles. The predicted octanol–water partition coefficient (Wildman–Crippen LogP) is 1.24. The Morgan fingerprint density at radius 3 is 2.69 bits per heavy atom. The molecule has 4 heteroatoms. The van der Waals surface area contributed by atoms with Gasteiger partial charge in [-0.2, -0.15) is 0 Å². The van der Waals surface area contributed by atoms with E-state index in [4.69, 9.17) is 11.5 Å². The molecule has 0 radical (unpaired) electrons. The SMILES string of the molecule is Nc1ccc(-c2ncc[nH]2)c(N)c1. The number of rotatable bonds is 1. The van der Waals surface area contributed by atoms with Crippen LogP contribution in [0, 0.1) is 0 Å². The van der Waals surface area contributed by atoms with Crippen LogP contribution in [0.2, 0.25) is 0 Å². The minimum absolute atomic E-state index is 0.634. The van der Waals surface area contributed by atoms with Gasteiger partial charge in [0.2, 0.25) is 0 Å². The van der Waals surface area contributed by atoms with Crippen molar-refractivity contribution in [1.29, 1.82) is 0 Å². The Morgan fingerprint density at radius 1 is 1.23 bits per heavy atom. The molecule has 4 nitrogen and oxygen atoms in total. The molecule has 0 bridgehead atoms. The van der Waals surface area contributed by atoms with Crippen LogP contribution >= 0.6 is 0 Å². The minimum Gasteiger partial charge on any atom is -0.399 e. The molecule has 0 aliphatic heterocycles. The Bertz CT molecular complexity index is 406. The van der Waals surface area contributed by atoms with Gasteiger partial charge in [-0.25, -0.2) is 4.98 Å². The maximum atomic E-state index is 5.77. The van der Waals surface area contributed by atoms with Gasteiger partial charge in [-0.05, 0) is 18.2 Å². The van der Waals surface area contributed by atoms with E-state index in [1.165, 1.54) is 0 Å². The largest absolute Gasteiger partial charge is 0.399 e. The highest BCUT2D eigenvalue weighted by atomic mass is 14.9. The Hall–Kier alpha value is -1.97. The van der Waals surface area contributed by atoms with Gasteiger partial charge in [0.05, 0.1) is 0 Å². The number of nitrogens with two attached hydrogens (primary N) is 2. The number of aromatic amines is 1. The summed E-state index contributed by atoms with van der Waals surface area (Å²) in [4.78, 5) is 7.08. The minimum atomic E-state index is 0.634.